The molecule has 2 saturated carbocycles. The zero-order valence-electron chi connectivity index (χ0n) is 12.5. The van der Waals surface area contributed by atoms with Crippen molar-refractivity contribution in [3.05, 3.63) is 33.8 Å². The first kappa shape index (κ1) is 15.6. The molecule has 0 spiro atoms. The van der Waals surface area contributed by atoms with Crippen molar-refractivity contribution in [1.29, 1.82) is 0 Å². The van der Waals surface area contributed by atoms with Crippen LogP contribution in [-0.4, -0.2) is 6.04 Å². The molecule has 0 amide bonds. The molecule has 2 aliphatic rings. The molecule has 1 aromatic carbocycles. The van der Waals surface area contributed by atoms with Gasteiger partial charge in [-0.05, 0) is 61.1 Å². The van der Waals surface area contributed by atoms with E-state index in [0.717, 1.165) is 18.3 Å². The second kappa shape index (κ2) is 6.89. The molecule has 3 heteroatoms. The molecule has 116 valence electrons. The Hall–Kier alpha value is -0.240. The number of hydrogen-bond donors (Lipinski definition) is 1. The number of fused-ring (bicyclic) bond motifs is 1. The Labute approximate surface area is 138 Å². The average molecular weight is 326 g/mol. The summed E-state index contributed by atoms with van der Waals surface area (Å²) in [5, 5.41) is 1.26. The van der Waals surface area contributed by atoms with Crippen molar-refractivity contribution in [3.8, 4) is 0 Å². The van der Waals surface area contributed by atoms with Gasteiger partial charge >= 0.3 is 0 Å². The fourth-order valence-electron chi connectivity index (χ4n) is 4.40. The van der Waals surface area contributed by atoms with Gasteiger partial charge in [0.2, 0.25) is 0 Å². The molecular formula is C18H25Cl2N. The summed E-state index contributed by atoms with van der Waals surface area (Å²) in [5.74, 6) is 2.61. The molecule has 0 aromatic heterocycles. The van der Waals surface area contributed by atoms with Crippen molar-refractivity contribution < 1.29 is 0 Å². The van der Waals surface area contributed by atoms with E-state index in [1.54, 1.807) is 0 Å². The summed E-state index contributed by atoms with van der Waals surface area (Å²) in [5.41, 5.74) is 7.73. The Morgan fingerprint density at radius 2 is 1.76 bits per heavy atom. The van der Waals surface area contributed by atoms with Crippen molar-refractivity contribution in [2.45, 2.75) is 57.4 Å². The fraction of sp³-hybridized carbons (Fsp3) is 0.667. The molecule has 2 fully saturated rings. The Balaban J connectivity index is 1.60. The maximum absolute atomic E-state index is 6.51. The van der Waals surface area contributed by atoms with E-state index in [4.69, 9.17) is 28.9 Å². The van der Waals surface area contributed by atoms with Gasteiger partial charge in [0.15, 0.2) is 0 Å². The minimum absolute atomic E-state index is 0.255. The smallest absolute Gasteiger partial charge is 0.0595 e. The summed E-state index contributed by atoms with van der Waals surface area (Å²) in [7, 11) is 0. The number of benzene rings is 1. The summed E-state index contributed by atoms with van der Waals surface area (Å²) < 4.78 is 0. The molecule has 0 heterocycles. The number of halogens is 2. The summed E-state index contributed by atoms with van der Waals surface area (Å²) in [6, 6.07) is 6.16. The highest BCUT2D eigenvalue weighted by Crippen LogP contribution is 2.43. The molecule has 0 aliphatic heterocycles. The highest BCUT2D eigenvalue weighted by atomic mass is 35.5. The van der Waals surface area contributed by atoms with Gasteiger partial charge < -0.3 is 5.73 Å². The second-order valence-corrected chi connectivity index (χ2v) is 7.81. The van der Waals surface area contributed by atoms with Gasteiger partial charge in [0.1, 0.15) is 0 Å². The summed E-state index contributed by atoms with van der Waals surface area (Å²) in [6.07, 6.45) is 10.7. The highest BCUT2D eigenvalue weighted by molar-refractivity contribution is 6.42. The predicted molar refractivity (Wildman–Crippen MR) is 90.9 cm³/mol. The van der Waals surface area contributed by atoms with Gasteiger partial charge in [-0.15, -0.1) is 0 Å². The SMILES string of the molecule is NC(Cc1ccc(Cl)c(Cl)c1)C1CCC2CCCCC2C1. The minimum atomic E-state index is 0.255. The molecule has 21 heavy (non-hydrogen) atoms. The molecular weight excluding hydrogens is 301 g/mol. The van der Waals surface area contributed by atoms with Crippen LogP contribution in [0, 0.1) is 17.8 Å². The van der Waals surface area contributed by atoms with Crippen LogP contribution in [-0.2, 0) is 6.42 Å². The van der Waals surface area contributed by atoms with E-state index in [9.17, 15) is 0 Å². The van der Waals surface area contributed by atoms with Gasteiger partial charge in [-0.2, -0.15) is 0 Å². The number of nitrogens with two attached hydrogens (primary N) is 1. The molecule has 2 N–H and O–H groups in total. The third-order valence-electron chi connectivity index (χ3n) is 5.64. The monoisotopic (exact) mass is 325 g/mol. The van der Waals surface area contributed by atoms with Crippen molar-refractivity contribution in [2.24, 2.45) is 23.5 Å². The van der Waals surface area contributed by atoms with Gasteiger partial charge in [-0.1, -0.05) is 55.0 Å². The van der Waals surface area contributed by atoms with Crippen LogP contribution < -0.4 is 5.73 Å². The molecule has 0 bridgehead atoms. The van der Waals surface area contributed by atoms with E-state index in [1.165, 1.54) is 50.5 Å². The fourth-order valence-corrected chi connectivity index (χ4v) is 4.72. The molecule has 3 rings (SSSR count). The quantitative estimate of drug-likeness (QED) is 0.783. The number of rotatable bonds is 3. The maximum atomic E-state index is 6.51. The first-order valence-corrected chi connectivity index (χ1v) is 9.08. The predicted octanol–water partition coefficient (Wildman–Crippen LogP) is 5.47. The van der Waals surface area contributed by atoms with Gasteiger partial charge in [-0.25, -0.2) is 0 Å². The van der Waals surface area contributed by atoms with Crippen molar-refractivity contribution >= 4 is 23.2 Å². The third-order valence-corrected chi connectivity index (χ3v) is 6.38. The lowest BCUT2D eigenvalue weighted by molar-refractivity contribution is 0.117. The van der Waals surface area contributed by atoms with Crippen molar-refractivity contribution in [1.82, 2.24) is 0 Å². The minimum Gasteiger partial charge on any atom is -0.327 e. The normalized spacial score (nSPS) is 30.7. The molecule has 0 saturated heterocycles. The first-order valence-electron chi connectivity index (χ1n) is 8.33. The van der Waals surface area contributed by atoms with E-state index >= 15 is 0 Å². The molecule has 2 aliphatic carbocycles. The zero-order valence-corrected chi connectivity index (χ0v) is 14.0. The van der Waals surface area contributed by atoms with Crippen molar-refractivity contribution in [2.75, 3.05) is 0 Å². The second-order valence-electron chi connectivity index (χ2n) is 6.99. The van der Waals surface area contributed by atoms with Crippen LogP contribution in [0.3, 0.4) is 0 Å². The number of hydrogen-bond acceptors (Lipinski definition) is 1. The molecule has 4 atom stereocenters. The van der Waals surface area contributed by atoms with E-state index in [-0.39, 0.29) is 6.04 Å². The maximum Gasteiger partial charge on any atom is 0.0595 e. The van der Waals surface area contributed by atoms with E-state index in [2.05, 4.69) is 6.07 Å². The summed E-state index contributed by atoms with van der Waals surface area (Å²) in [6.45, 7) is 0. The molecule has 1 aromatic rings. The standard InChI is InChI=1S/C18H25Cl2N/c19-16-8-5-12(9-17(16)20)10-18(21)15-7-6-13-3-1-2-4-14(13)11-15/h5,8-9,13-15,18H,1-4,6-7,10-11,21H2. The molecule has 1 nitrogen and oxygen atoms in total. The Morgan fingerprint density at radius 1 is 1.00 bits per heavy atom. The lowest BCUT2D eigenvalue weighted by Gasteiger charge is -2.41. The van der Waals surface area contributed by atoms with Crippen LogP contribution in [0.5, 0.6) is 0 Å². The van der Waals surface area contributed by atoms with E-state index in [1.807, 2.05) is 12.1 Å². The van der Waals surface area contributed by atoms with Gasteiger partial charge in [0, 0.05) is 6.04 Å². The summed E-state index contributed by atoms with van der Waals surface area (Å²) >= 11 is 12.1. The first-order chi connectivity index (χ1) is 10.1. The largest absolute Gasteiger partial charge is 0.327 e. The van der Waals surface area contributed by atoms with Crippen LogP contribution in [0.15, 0.2) is 18.2 Å². The van der Waals surface area contributed by atoms with Crippen LogP contribution in [0.25, 0.3) is 0 Å². The topological polar surface area (TPSA) is 26.0 Å². The Kier molecular flexibility index (Phi) is 5.14. The van der Waals surface area contributed by atoms with Crippen LogP contribution in [0.2, 0.25) is 10.0 Å². The highest BCUT2D eigenvalue weighted by Gasteiger charge is 2.34. The van der Waals surface area contributed by atoms with Crippen molar-refractivity contribution in [3.63, 3.8) is 0 Å². The van der Waals surface area contributed by atoms with Crippen LogP contribution in [0.4, 0.5) is 0 Å². The van der Waals surface area contributed by atoms with Crippen LogP contribution >= 0.6 is 23.2 Å². The zero-order chi connectivity index (χ0) is 14.8. The lowest BCUT2D eigenvalue weighted by Crippen LogP contribution is -2.38. The molecule has 0 radical (unpaired) electrons. The van der Waals surface area contributed by atoms with Gasteiger partial charge in [0.05, 0.1) is 10.0 Å². The van der Waals surface area contributed by atoms with Gasteiger partial charge in [-0.3, -0.25) is 0 Å². The third kappa shape index (κ3) is 3.75. The van der Waals surface area contributed by atoms with E-state index in [0.29, 0.717) is 16.0 Å². The van der Waals surface area contributed by atoms with Gasteiger partial charge in [0.25, 0.3) is 0 Å². The van der Waals surface area contributed by atoms with E-state index < -0.39 is 0 Å². The Morgan fingerprint density at radius 3 is 2.52 bits per heavy atom. The Bertz CT molecular complexity index is 488. The van der Waals surface area contributed by atoms with Crippen LogP contribution in [0.1, 0.15) is 50.5 Å². The average Bonchev–Trinajstić information content (AvgIpc) is 2.50. The summed E-state index contributed by atoms with van der Waals surface area (Å²) in [4.78, 5) is 0. The lowest BCUT2D eigenvalue weighted by atomic mass is 9.66. The molecule has 4 unspecified atom stereocenters.